The Hall–Kier alpha value is -1.17. The smallest absolute Gasteiger partial charge is 0.183 e. The highest BCUT2D eigenvalue weighted by atomic mass is 79.9. The van der Waals surface area contributed by atoms with Crippen LogP contribution in [-0.2, 0) is 9.84 Å². The molecular weight excluding hydrogens is 350 g/mol. The second kappa shape index (κ2) is 7.20. The molecule has 0 unspecified atom stereocenters. The molecule has 21 heavy (non-hydrogen) atoms. The molecule has 2 rings (SSSR count). The summed E-state index contributed by atoms with van der Waals surface area (Å²) < 4.78 is 25.3. The summed E-state index contributed by atoms with van der Waals surface area (Å²) in [5.41, 5.74) is 1.21. The molecule has 3 nitrogen and oxygen atoms in total. The zero-order chi connectivity index (χ0) is 15.3. The molecule has 1 atom stereocenters. The molecule has 2 N–H and O–H groups in total. The van der Waals surface area contributed by atoms with Gasteiger partial charge in [-0.05, 0) is 31.2 Å². The summed E-state index contributed by atoms with van der Waals surface area (Å²) in [6.45, 7) is 2.63. The first-order valence-electron chi connectivity index (χ1n) is 6.85. The van der Waals surface area contributed by atoms with Gasteiger partial charge in [0, 0.05) is 10.0 Å². The fraction of sp³-hybridized carbons (Fsp3) is 0.250. The molecule has 0 spiro atoms. The maximum atomic E-state index is 12.2. The molecule has 0 fully saturated rings. The molecule has 0 aromatic heterocycles. The Morgan fingerprint density at radius 2 is 1.67 bits per heavy atom. The van der Waals surface area contributed by atoms with Crippen LogP contribution in [0.2, 0.25) is 0 Å². The SMILES string of the molecule is C[C@H]([NH2+]CCS(=O)(=O)c1ccc(Br)cc1)c1ccccc1. The average molecular weight is 369 g/mol. The number of quaternary nitrogens is 1. The Kier molecular flexibility index (Phi) is 5.56. The molecule has 2 aromatic rings. The lowest BCUT2D eigenvalue weighted by Gasteiger charge is -2.11. The van der Waals surface area contributed by atoms with Crippen molar-refractivity contribution in [2.75, 3.05) is 12.3 Å². The second-order valence-electron chi connectivity index (χ2n) is 5.00. The molecule has 5 heteroatoms. The van der Waals surface area contributed by atoms with Crippen LogP contribution in [0.15, 0.2) is 64.0 Å². The Morgan fingerprint density at radius 3 is 2.29 bits per heavy atom. The standard InChI is InChI=1S/C16H18BrNO2S/c1-13(14-5-3-2-4-6-14)18-11-12-21(19,20)16-9-7-15(17)8-10-16/h2-10,13,18H,11-12H2,1H3/p+1/t13-/m0/s1. The summed E-state index contributed by atoms with van der Waals surface area (Å²) in [7, 11) is -3.21. The molecule has 112 valence electrons. The van der Waals surface area contributed by atoms with Crippen molar-refractivity contribution in [2.24, 2.45) is 0 Å². The van der Waals surface area contributed by atoms with Crippen LogP contribution in [0.25, 0.3) is 0 Å². The number of nitrogens with two attached hydrogens (primary N) is 1. The van der Waals surface area contributed by atoms with Crippen molar-refractivity contribution in [3.8, 4) is 0 Å². The molecule has 0 bridgehead atoms. The van der Waals surface area contributed by atoms with Crippen molar-refractivity contribution in [1.29, 1.82) is 0 Å². The minimum Gasteiger partial charge on any atom is -0.339 e. The van der Waals surface area contributed by atoms with Crippen molar-refractivity contribution in [1.82, 2.24) is 0 Å². The largest absolute Gasteiger partial charge is 0.339 e. The van der Waals surface area contributed by atoms with Gasteiger partial charge in [0.1, 0.15) is 11.8 Å². The van der Waals surface area contributed by atoms with Crippen molar-refractivity contribution in [3.05, 3.63) is 64.6 Å². The molecule has 0 saturated carbocycles. The maximum absolute atomic E-state index is 12.2. The van der Waals surface area contributed by atoms with Crippen LogP contribution in [0.5, 0.6) is 0 Å². The molecule has 0 heterocycles. The van der Waals surface area contributed by atoms with Crippen LogP contribution in [0.3, 0.4) is 0 Å². The third-order valence-corrected chi connectivity index (χ3v) is 5.70. The van der Waals surface area contributed by atoms with Crippen LogP contribution < -0.4 is 5.32 Å². The third-order valence-electron chi connectivity index (χ3n) is 3.40. The predicted octanol–water partition coefficient (Wildman–Crippen LogP) is 2.55. The lowest BCUT2D eigenvalue weighted by atomic mass is 10.1. The van der Waals surface area contributed by atoms with Gasteiger partial charge in [0.2, 0.25) is 0 Å². The van der Waals surface area contributed by atoms with Gasteiger partial charge in [-0.3, -0.25) is 0 Å². The zero-order valence-corrected chi connectivity index (χ0v) is 14.3. The van der Waals surface area contributed by atoms with Gasteiger partial charge in [0.05, 0.1) is 11.4 Å². The summed E-state index contributed by atoms with van der Waals surface area (Å²) in [6, 6.07) is 17.1. The third kappa shape index (κ3) is 4.66. The minimum absolute atomic E-state index is 0.145. The quantitative estimate of drug-likeness (QED) is 0.851. The molecule has 0 saturated heterocycles. The molecule has 2 aromatic carbocycles. The maximum Gasteiger partial charge on any atom is 0.183 e. The molecule has 0 aliphatic rings. The van der Waals surface area contributed by atoms with Gasteiger partial charge >= 0.3 is 0 Å². The second-order valence-corrected chi connectivity index (χ2v) is 8.02. The highest BCUT2D eigenvalue weighted by Gasteiger charge is 2.16. The van der Waals surface area contributed by atoms with E-state index in [0.717, 1.165) is 4.47 Å². The van der Waals surface area contributed by atoms with E-state index < -0.39 is 9.84 Å². The first-order chi connectivity index (χ1) is 9.99. The monoisotopic (exact) mass is 368 g/mol. The predicted molar refractivity (Wildman–Crippen MR) is 87.8 cm³/mol. The van der Waals surface area contributed by atoms with Crippen LogP contribution in [0.4, 0.5) is 0 Å². The number of hydrogen-bond donors (Lipinski definition) is 1. The van der Waals surface area contributed by atoms with Gasteiger partial charge in [0.15, 0.2) is 9.84 Å². The first-order valence-corrected chi connectivity index (χ1v) is 9.30. The fourth-order valence-corrected chi connectivity index (χ4v) is 3.62. The molecule has 0 aliphatic carbocycles. The van der Waals surface area contributed by atoms with Crippen LogP contribution in [-0.4, -0.2) is 20.7 Å². The van der Waals surface area contributed by atoms with E-state index in [-0.39, 0.29) is 11.8 Å². The summed E-state index contributed by atoms with van der Waals surface area (Å²) in [5.74, 6) is 0.145. The number of benzene rings is 2. The van der Waals surface area contributed by atoms with Gasteiger partial charge in [-0.1, -0.05) is 46.3 Å². The van der Waals surface area contributed by atoms with E-state index in [1.807, 2.05) is 18.2 Å². The van der Waals surface area contributed by atoms with E-state index in [1.54, 1.807) is 24.3 Å². The lowest BCUT2D eigenvalue weighted by molar-refractivity contribution is -0.689. The highest BCUT2D eigenvalue weighted by molar-refractivity contribution is 9.10. The van der Waals surface area contributed by atoms with Gasteiger partial charge in [0.25, 0.3) is 0 Å². The summed E-state index contributed by atoms with van der Waals surface area (Å²) in [4.78, 5) is 0.381. The molecule has 0 radical (unpaired) electrons. The Morgan fingerprint density at radius 1 is 1.05 bits per heavy atom. The van der Waals surface area contributed by atoms with Gasteiger partial charge in [-0.15, -0.1) is 0 Å². The minimum atomic E-state index is -3.21. The molecular formula is C16H19BrNO2S+. The van der Waals surface area contributed by atoms with E-state index in [1.165, 1.54) is 5.56 Å². The van der Waals surface area contributed by atoms with Crippen LogP contribution in [0, 0.1) is 0 Å². The van der Waals surface area contributed by atoms with E-state index >= 15 is 0 Å². The van der Waals surface area contributed by atoms with Crippen LogP contribution >= 0.6 is 15.9 Å². The number of sulfone groups is 1. The summed E-state index contributed by atoms with van der Waals surface area (Å²) in [5, 5.41) is 2.06. The van der Waals surface area contributed by atoms with Crippen molar-refractivity contribution >= 4 is 25.8 Å². The summed E-state index contributed by atoms with van der Waals surface area (Å²) >= 11 is 3.31. The topological polar surface area (TPSA) is 50.8 Å². The Labute approximate surface area is 134 Å². The van der Waals surface area contributed by atoms with Crippen molar-refractivity contribution < 1.29 is 13.7 Å². The van der Waals surface area contributed by atoms with Gasteiger partial charge in [-0.2, -0.15) is 0 Å². The average Bonchev–Trinajstić information content (AvgIpc) is 2.48. The van der Waals surface area contributed by atoms with Gasteiger partial charge < -0.3 is 5.32 Å². The van der Waals surface area contributed by atoms with E-state index in [4.69, 9.17) is 0 Å². The normalized spacial score (nSPS) is 13.0. The number of rotatable bonds is 6. The zero-order valence-electron chi connectivity index (χ0n) is 11.9. The highest BCUT2D eigenvalue weighted by Crippen LogP contribution is 2.15. The lowest BCUT2D eigenvalue weighted by Crippen LogP contribution is -2.85. The Balaban J connectivity index is 1.92. The van der Waals surface area contributed by atoms with Crippen LogP contribution in [0.1, 0.15) is 18.5 Å². The molecule has 0 aliphatic heterocycles. The van der Waals surface area contributed by atoms with Crippen molar-refractivity contribution in [3.63, 3.8) is 0 Å². The van der Waals surface area contributed by atoms with E-state index in [0.29, 0.717) is 11.4 Å². The molecule has 0 amide bonds. The number of halogens is 1. The van der Waals surface area contributed by atoms with E-state index in [9.17, 15) is 8.42 Å². The summed E-state index contributed by atoms with van der Waals surface area (Å²) in [6.07, 6.45) is 0. The Bertz CT molecular complexity index is 669. The first kappa shape index (κ1) is 16.2. The van der Waals surface area contributed by atoms with Crippen molar-refractivity contribution in [2.45, 2.75) is 17.9 Å². The number of hydrogen-bond acceptors (Lipinski definition) is 2. The van der Waals surface area contributed by atoms with Gasteiger partial charge in [-0.25, -0.2) is 8.42 Å². The fourth-order valence-electron chi connectivity index (χ4n) is 2.13. The van der Waals surface area contributed by atoms with E-state index in [2.05, 4.69) is 40.3 Å².